The van der Waals surface area contributed by atoms with E-state index in [0.29, 0.717) is 37.2 Å². The van der Waals surface area contributed by atoms with Crippen LogP contribution in [0.3, 0.4) is 0 Å². The van der Waals surface area contributed by atoms with Gasteiger partial charge in [0, 0.05) is 31.1 Å². The van der Waals surface area contributed by atoms with E-state index >= 15 is 0 Å². The molecule has 0 saturated carbocycles. The van der Waals surface area contributed by atoms with Crippen LogP contribution >= 0.6 is 0 Å². The quantitative estimate of drug-likeness (QED) is 0.507. The number of benzene rings is 1. The number of nitrogens with zero attached hydrogens (tertiary/aromatic N) is 5. The standard InChI is InChI=1S/C26H30N6O4/c1-4-6-21-26(2,3)11-5-12-30(21)25(36)19-15-32(29-28-19)17-8-7-16-14-31(24(35)18(16)13-17)20-9-10-22(33)27-23(20)34/h4,7-8,13,15,20-21H,1,5-6,9-12,14H2,2-3H3,(H,27,33,34). The first-order valence-electron chi connectivity index (χ1n) is 12.3. The molecule has 1 aromatic heterocycles. The van der Waals surface area contributed by atoms with Gasteiger partial charge in [0.05, 0.1) is 11.9 Å². The second-order valence-corrected chi connectivity index (χ2v) is 10.4. The van der Waals surface area contributed by atoms with E-state index < -0.39 is 11.9 Å². The first kappa shape index (κ1) is 23.9. The molecule has 4 heterocycles. The second-order valence-electron chi connectivity index (χ2n) is 10.4. The number of amides is 4. The summed E-state index contributed by atoms with van der Waals surface area (Å²) in [4.78, 5) is 53.7. The van der Waals surface area contributed by atoms with Crippen LogP contribution in [0.4, 0.5) is 0 Å². The van der Waals surface area contributed by atoms with Crippen LogP contribution in [0.2, 0.25) is 0 Å². The number of rotatable bonds is 5. The first-order chi connectivity index (χ1) is 17.2. The minimum absolute atomic E-state index is 0.0210. The van der Waals surface area contributed by atoms with Crippen molar-refractivity contribution in [1.82, 2.24) is 30.1 Å². The van der Waals surface area contributed by atoms with Crippen molar-refractivity contribution in [3.63, 3.8) is 0 Å². The van der Waals surface area contributed by atoms with Crippen molar-refractivity contribution in [2.45, 2.75) is 64.6 Å². The SMILES string of the molecule is C=CCC1N(C(=O)c2cn(-c3ccc4c(c3)C(=O)N(C3CCC(=O)NC3=O)C4)nn2)CCCC1(C)C. The van der Waals surface area contributed by atoms with Crippen molar-refractivity contribution in [3.8, 4) is 5.69 Å². The maximum absolute atomic E-state index is 13.4. The topological polar surface area (TPSA) is 118 Å². The second kappa shape index (κ2) is 9.00. The van der Waals surface area contributed by atoms with Gasteiger partial charge in [-0.15, -0.1) is 11.7 Å². The van der Waals surface area contributed by atoms with E-state index in [0.717, 1.165) is 18.4 Å². The van der Waals surface area contributed by atoms with Crippen LogP contribution in [-0.4, -0.2) is 67.1 Å². The highest BCUT2D eigenvalue weighted by molar-refractivity contribution is 6.05. The van der Waals surface area contributed by atoms with Crippen molar-refractivity contribution in [3.05, 3.63) is 53.9 Å². The minimum atomic E-state index is -0.668. The molecule has 188 valence electrons. The molecule has 10 heteroatoms. The van der Waals surface area contributed by atoms with Crippen LogP contribution in [0.5, 0.6) is 0 Å². The Morgan fingerprint density at radius 1 is 1.28 bits per heavy atom. The highest BCUT2D eigenvalue weighted by atomic mass is 16.2. The molecule has 2 saturated heterocycles. The monoisotopic (exact) mass is 490 g/mol. The molecule has 2 aromatic rings. The fraction of sp³-hybridized carbons (Fsp3) is 0.462. The maximum Gasteiger partial charge on any atom is 0.276 e. The molecule has 2 unspecified atom stereocenters. The summed E-state index contributed by atoms with van der Waals surface area (Å²) in [5.41, 5.74) is 2.10. The number of carbonyl (C=O) groups excluding carboxylic acids is 4. The lowest BCUT2D eigenvalue weighted by Crippen LogP contribution is -2.52. The third kappa shape index (κ3) is 4.10. The Hall–Kier alpha value is -3.82. The van der Waals surface area contributed by atoms with Crippen molar-refractivity contribution in [2.24, 2.45) is 5.41 Å². The summed E-state index contributed by atoms with van der Waals surface area (Å²) in [7, 11) is 0. The molecule has 0 aliphatic carbocycles. The number of piperidine rings is 2. The van der Waals surface area contributed by atoms with Gasteiger partial charge in [0.15, 0.2) is 5.69 Å². The van der Waals surface area contributed by atoms with E-state index in [1.807, 2.05) is 23.1 Å². The Bertz CT molecular complexity index is 1260. The van der Waals surface area contributed by atoms with Crippen LogP contribution in [0.15, 0.2) is 37.1 Å². The average molecular weight is 491 g/mol. The molecule has 0 bridgehead atoms. The smallest absolute Gasteiger partial charge is 0.276 e. The third-order valence-electron chi connectivity index (χ3n) is 7.64. The molecule has 3 aliphatic heterocycles. The summed E-state index contributed by atoms with van der Waals surface area (Å²) in [5, 5.41) is 10.6. The van der Waals surface area contributed by atoms with Crippen LogP contribution in [-0.2, 0) is 16.1 Å². The molecule has 2 atom stereocenters. The predicted octanol–water partition coefficient (Wildman–Crippen LogP) is 2.24. The lowest BCUT2D eigenvalue weighted by molar-refractivity contribution is -0.136. The summed E-state index contributed by atoms with van der Waals surface area (Å²) in [5.74, 6) is -1.19. The molecule has 0 radical (unpaired) electrons. The summed E-state index contributed by atoms with van der Waals surface area (Å²) in [6.45, 7) is 9.19. The van der Waals surface area contributed by atoms with Crippen molar-refractivity contribution < 1.29 is 19.2 Å². The number of aromatic nitrogens is 3. The van der Waals surface area contributed by atoms with E-state index in [1.165, 1.54) is 9.58 Å². The zero-order valence-corrected chi connectivity index (χ0v) is 20.6. The largest absolute Gasteiger partial charge is 0.333 e. The van der Waals surface area contributed by atoms with Crippen molar-refractivity contribution in [1.29, 1.82) is 0 Å². The first-order valence-corrected chi connectivity index (χ1v) is 12.3. The Labute approximate surface area is 209 Å². The predicted molar refractivity (Wildman–Crippen MR) is 130 cm³/mol. The Morgan fingerprint density at radius 3 is 2.83 bits per heavy atom. The van der Waals surface area contributed by atoms with Crippen LogP contribution in [0.25, 0.3) is 5.69 Å². The number of hydrogen-bond acceptors (Lipinski definition) is 6. The summed E-state index contributed by atoms with van der Waals surface area (Å²) in [6.07, 6.45) is 6.65. The van der Waals surface area contributed by atoms with Gasteiger partial charge in [-0.1, -0.05) is 31.2 Å². The summed E-state index contributed by atoms with van der Waals surface area (Å²) >= 11 is 0. The minimum Gasteiger partial charge on any atom is -0.333 e. The van der Waals surface area contributed by atoms with Crippen molar-refractivity contribution in [2.75, 3.05) is 6.54 Å². The van der Waals surface area contributed by atoms with Gasteiger partial charge < -0.3 is 9.80 Å². The number of likely N-dealkylation sites (tertiary alicyclic amines) is 1. The molecule has 36 heavy (non-hydrogen) atoms. The van der Waals surface area contributed by atoms with E-state index in [2.05, 4.69) is 36.1 Å². The third-order valence-corrected chi connectivity index (χ3v) is 7.64. The lowest BCUT2D eigenvalue weighted by Gasteiger charge is -2.46. The Morgan fingerprint density at radius 2 is 2.08 bits per heavy atom. The molecule has 3 aliphatic rings. The number of hydrogen-bond donors (Lipinski definition) is 1. The van der Waals surface area contributed by atoms with Gasteiger partial charge in [-0.3, -0.25) is 24.5 Å². The van der Waals surface area contributed by atoms with Gasteiger partial charge in [0.1, 0.15) is 6.04 Å². The van der Waals surface area contributed by atoms with Crippen LogP contribution in [0.1, 0.15) is 72.4 Å². The van der Waals surface area contributed by atoms with Gasteiger partial charge in [-0.25, -0.2) is 4.68 Å². The van der Waals surface area contributed by atoms with E-state index in [-0.39, 0.29) is 41.3 Å². The summed E-state index contributed by atoms with van der Waals surface area (Å²) in [6, 6.07) is 4.71. The molecular formula is C26H30N6O4. The maximum atomic E-state index is 13.4. The molecular weight excluding hydrogens is 460 g/mol. The van der Waals surface area contributed by atoms with E-state index in [4.69, 9.17) is 0 Å². The lowest BCUT2D eigenvalue weighted by atomic mass is 9.75. The zero-order valence-electron chi connectivity index (χ0n) is 20.6. The Kier molecular flexibility index (Phi) is 5.97. The molecule has 5 rings (SSSR count). The number of fused-ring (bicyclic) bond motifs is 1. The highest BCUT2D eigenvalue weighted by Crippen LogP contribution is 2.37. The molecule has 0 spiro atoms. The molecule has 4 amide bonds. The fourth-order valence-electron chi connectivity index (χ4n) is 5.62. The van der Waals surface area contributed by atoms with Gasteiger partial charge in [-0.2, -0.15) is 0 Å². The van der Waals surface area contributed by atoms with Crippen LogP contribution < -0.4 is 5.32 Å². The van der Waals surface area contributed by atoms with Gasteiger partial charge in [0.2, 0.25) is 11.8 Å². The number of imide groups is 1. The van der Waals surface area contributed by atoms with Crippen molar-refractivity contribution >= 4 is 23.6 Å². The number of carbonyl (C=O) groups is 4. The molecule has 1 aromatic carbocycles. The van der Waals surface area contributed by atoms with Gasteiger partial charge >= 0.3 is 0 Å². The normalized spacial score (nSPS) is 23.4. The summed E-state index contributed by atoms with van der Waals surface area (Å²) < 4.78 is 1.49. The van der Waals surface area contributed by atoms with Gasteiger partial charge in [-0.05, 0) is 48.8 Å². The average Bonchev–Trinajstić information content (AvgIpc) is 3.45. The van der Waals surface area contributed by atoms with Crippen LogP contribution in [0, 0.1) is 5.41 Å². The molecule has 10 nitrogen and oxygen atoms in total. The fourth-order valence-corrected chi connectivity index (χ4v) is 5.62. The van der Waals surface area contributed by atoms with E-state index in [1.54, 1.807) is 12.3 Å². The zero-order chi connectivity index (χ0) is 25.6. The Balaban J connectivity index is 1.36. The molecule has 1 N–H and O–H groups in total. The number of nitrogens with one attached hydrogen (secondary N) is 1. The molecule has 2 fully saturated rings. The highest BCUT2D eigenvalue weighted by Gasteiger charge is 2.41. The van der Waals surface area contributed by atoms with Gasteiger partial charge in [0.25, 0.3) is 11.8 Å². The van der Waals surface area contributed by atoms with E-state index in [9.17, 15) is 19.2 Å².